The Morgan fingerprint density at radius 3 is 2.39 bits per heavy atom. The normalized spacial score (nSPS) is 17.3. The van der Waals surface area contributed by atoms with Crippen molar-refractivity contribution in [3.05, 3.63) is 35.1 Å². The Morgan fingerprint density at radius 2 is 1.94 bits per heavy atom. The minimum Gasteiger partial charge on any atom is -0.384 e. The Labute approximate surface area is 105 Å². The van der Waals surface area contributed by atoms with Gasteiger partial charge >= 0.3 is 5.92 Å². The van der Waals surface area contributed by atoms with Crippen LogP contribution >= 0.6 is 0 Å². The molecular formula is C13H18F3NO. The van der Waals surface area contributed by atoms with E-state index in [9.17, 15) is 18.3 Å². The van der Waals surface area contributed by atoms with Crippen LogP contribution < -0.4 is 5.73 Å². The highest BCUT2D eigenvalue weighted by atomic mass is 19.3. The van der Waals surface area contributed by atoms with Crippen LogP contribution in [-0.4, -0.2) is 10.7 Å². The molecule has 2 atom stereocenters. The lowest BCUT2D eigenvalue weighted by atomic mass is 9.87. The van der Waals surface area contributed by atoms with Crippen LogP contribution in [0.1, 0.15) is 44.4 Å². The molecule has 0 aromatic heterocycles. The number of nitrogens with two attached hydrogens (primary N) is 1. The van der Waals surface area contributed by atoms with E-state index < -0.39 is 28.9 Å². The summed E-state index contributed by atoms with van der Waals surface area (Å²) < 4.78 is 42.2. The van der Waals surface area contributed by atoms with Crippen molar-refractivity contribution in [3.63, 3.8) is 0 Å². The molecule has 0 aliphatic heterocycles. The van der Waals surface area contributed by atoms with E-state index in [0.29, 0.717) is 0 Å². The van der Waals surface area contributed by atoms with Crippen molar-refractivity contribution in [1.29, 1.82) is 0 Å². The highest BCUT2D eigenvalue weighted by Gasteiger charge is 2.50. The SMILES string of the molecule is CC[C@@](C)(O)C(F)(F)c1cccc([C@@H](C)N)c1F. The number of rotatable bonds is 4. The maximum absolute atomic E-state index is 14.1. The van der Waals surface area contributed by atoms with Gasteiger partial charge in [-0.25, -0.2) is 4.39 Å². The maximum atomic E-state index is 14.1. The van der Waals surface area contributed by atoms with Crippen molar-refractivity contribution in [2.45, 2.75) is 44.8 Å². The molecule has 18 heavy (non-hydrogen) atoms. The van der Waals surface area contributed by atoms with Crippen LogP contribution in [-0.2, 0) is 5.92 Å². The molecule has 0 bridgehead atoms. The molecule has 2 nitrogen and oxygen atoms in total. The third-order valence-electron chi connectivity index (χ3n) is 3.22. The first-order chi connectivity index (χ1) is 8.15. The largest absolute Gasteiger partial charge is 0.384 e. The Morgan fingerprint density at radius 1 is 1.39 bits per heavy atom. The van der Waals surface area contributed by atoms with Crippen molar-refractivity contribution in [3.8, 4) is 0 Å². The molecule has 3 N–H and O–H groups in total. The topological polar surface area (TPSA) is 46.2 Å². The molecule has 0 unspecified atom stereocenters. The van der Waals surface area contributed by atoms with Crippen molar-refractivity contribution in [1.82, 2.24) is 0 Å². The van der Waals surface area contributed by atoms with Crippen molar-refractivity contribution >= 4 is 0 Å². The Bertz CT molecular complexity index is 430. The standard InChI is InChI=1S/C13H18F3NO/c1-4-12(3,18)13(15,16)10-7-5-6-9(8(2)17)11(10)14/h5-8,18H,4,17H2,1-3H3/t8-,12-/m1/s1. The summed E-state index contributed by atoms with van der Waals surface area (Å²) in [6, 6.07) is 2.97. The molecule has 0 aliphatic carbocycles. The van der Waals surface area contributed by atoms with Crippen LogP contribution in [0.2, 0.25) is 0 Å². The van der Waals surface area contributed by atoms with Crippen molar-refractivity contribution < 1.29 is 18.3 Å². The van der Waals surface area contributed by atoms with Gasteiger partial charge in [0.1, 0.15) is 11.4 Å². The monoisotopic (exact) mass is 261 g/mol. The van der Waals surface area contributed by atoms with Crippen LogP contribution in [0.15, 0.2) is 18.2 Å². The molecule has 1 aromatic rings. The fourth-order valence-electron chi connectivity index (χ4n) is 1.66. The maximum Gasteiger partial charge on any atom is 0.303 e. The molecule has 1 rings (SSSR count). The van der Waals surface area contributed by atoms with Crippen LogP contribution in [0.25, 0.3) is 0 Å². The van der Waals surface area contributed by atoms with Gasteiger partial charge in [-0.05, 0) is 26.3 Å². The summed E-state index contributed by atoms with van der Waals surface area (Å²) in [4.78, 5) is 0. The van der Waals surface area contributed by atoms with Crippen LogP contribution in [0.5, 0.6) is 0 Å². The summed E-state index contributed by atoms with van der Waals surface area (Å²) in [5, 5.41) is 9.71. The number of halogens is 3. The summed E-state index contributed by atoms with van der Waals surface area (Å²) in [6.45, 7) is 3.92. The molecule has 0 saturated heterocycles. The highest BCUT2D eigenvalue weighted by molar-refractivity contribution is 5.32. The van der Waals surface area contributed by atoms with E-state index in [1.165, 1.54) is 26.0 Å². The molecule has 0 amide bonds. The minimum atomic E-state index is -3.67. The second-order valence-corrected chi connectivity index (χ2v) is 4.70. The molecule has 0 heterocycles. The first-order valence-corrected chi connectivity index (χ1v) is 5.79. The molecule has 0 aliphatic rings. The Hall–Kier alpha value is -1.07. The lowest BCUT2D eigenvalue weighted by molar-refractivity contribution is -0.181. The van der Waals surface area contributed by atoms with Gasteiger partial charge in [0.15, 0.2) is 0 Å². The summed E-state index contributed by atoms with van der Waals surface area (Å²) in [5.41, 5.74) is 2.42. The molecule has 1 aromatic carbocycles. The number of hydrogen-bond donors (Lipinski definition) is 2. The van der Waals surface area contributed by atoms with E-state index in [1.807, 2.05) is 0 Å². The van der Waals surface area contributed by atoms with Gasteiger partial charge in [-0.2, -0.15) is 8.78 Å². The van der Waals surface area contributed by atoms with Gasteiger partial charge in [0.05, 0.1) is 5.56 Å². The lowest BCUT2D eigenvalue weighted by Gasteiger charge is -2.32. The summed E-state index contributed by atoms with van der Waals surface area (Å²) in [6.07, 6.45) is -0.193. The van der Waals surface area contributed by atoms with Gasteiger partial charge in [-0.3, -0.25) is 0 Å². The fourth-order valence-corrected chi connectivity index (χ4v) is 1.66. The van der Waals surface area contributed by atoms with E-state index >= 15 is 0 Å². The quantitative estimate of drug-likeness (QED) is 0.874. The van der Waals surface area contributed by atoms with Gasteiger partial charge in [-0.1, -0.05) is 19.1 Å². The van der Waals surface area contributed by atoms with E-state index in [0.717, 1.165) is 13.0 Å². The van der Waals surface area contributed by atoms with Crippen LogP contribution in [0.4, 0.5) is 13.2 Å². The summed E-state index contributed by atoms with van der Waals surface area (Å²) in [5.74, 6) is -4.72. The highest BCUT2D eigenvalue weighted by Crippen LogP contribution is 2.42. The molecular weight excluding hydrogens is 243 g/mol. The summed E-state index contributed by atoms with van der Waals surface area (Å²) >= 11 is 0. The number of hydrogen-bond acceptors (Lipinski definition) is 2. The molecule has 5 heteroatoms. The van der Waals surface area contributed by atoms with E-state index in [1.54, 1.807) is 0 Å². The van der Waals surface area contributed by atoms with Crippen LogP contribution in [0, 0.1) is 5.82 Å². The Balaban J connectivity index is 3.38. The van der Waals surface area contributed by atoms with Gasteiger partial charge in [-0.15, -0.1) is 0 Å². The van der Waals surface area contributed by atoms with Crippen LogP contribution in [0.3, 0.4) is 0 Å². The first kappa shape index (κ1) is 15.0. The van der Waals surface area contributed by atoms with E-state index in [2.05, 4.69) is 0 Å². The zero-order valence-electron chi connectivity index (χ0n) is 10.7. The zero-order chi connectivity index (χ0) is 14.1. The molecule has 0 spiro atoms. The third kappa shape index (κ3) is 2.37. The molecule has 0 saturated carbocycles. The lowest BCUT2D eigenvalue weighted by Crippen LogP contribution is -2.43. The minimum absolute atomic E-state index is 0.0130. The number of benzene rings is 1. The first-order valence-electron chi connectivity index (χ1n) is 5.79. The van der Waals surface area contributed by atoms with Gasteiger partial charge in [0.2, 0.25) is 0 Å². The Kier molecular flexibility index (Phi) is 4.08. The second kappa shape index (κ2) is 4.90. The smallest absolute Gasteiger partial charge is 0.303 e. The zero-order valence-corrected chi connectivity index (χ0v) is 10.7. The second-order valence-electron chi connectivity index (χ2n) is 4.70. The van der Waals surface area contributed by atoms with Crippen molar-refractivity contribution in [2.24, 2.45) is 5.73 Å². The fraction of sp³-hybridized carbons (Fsp3) is 0.538. The van der Waals surface area contributed by atoms with Crippen molar-refractivity contribution in [2.75, 3.05) is 0 Å². The average Bonchev–Trinajstić information content (AvgIpc) is 2.28. The van der Waals surface area contributed by atoms with E-state index in [-0.39, 0.29) is 12.0 Å². The third-order valence-corrected chi connectivity index (χ3v) is 3.22. The summed E-state index contributed by atoms with van der Waals surface area (Å²) in [7, 11) is 0. The van der Waals surface area contributed by atoms with Gasteiger partial charge in [0.25, 0.3) is 0 Å². The molecule has 0 radical (unpaired) electrons. The number of alkyl halides is 2. The number of aliphatic hydroxyl groups is 1. The van der Waals surface area contributed by atoms with E-state index in [4.69, 9.17) is 5.73 Å². The predicted molar refractivity (Wildman–Crippen MR) is 63.8 cm³/mol. The van der Waals surface area contributed by atoms with Gasteiger partial charge in [0, 0.05) is 11.6 Å². The average molecular weight is 261 g/mol. The molecule has 0 fully saturated rings. The van der Waals surface area contributed by atoms with Gasteiger partial charge < -0.3 is 10.8 Å². The molecule has 102 valence electrons. The predicted octanol–water partition coefficient (Wildman–Crippen LogP) is 3.10.